The van der Waals surface area contributed by atoms with Gasteiger partial charge in [0.05, 0.1) is 11.7 Å². The van der Waals surface area contributed by atoms with E-state index in [1.54, 1.807) is 0 Å². The third-order valence-corrected chi connectivity index (χ3v) is 1.40. The number of nitrogens with zero attached hydrogens (tertiary/aromatic N) is 1. The van der Waals surface area contributed by atoms with Gasteiger partial charge in [-0.1, -0.05) is 0 Å². The Bertz CT molecular complexity index is 204. The van der Waals surface area contributed by atoms with Crippen LogP contribution in [-0.2, 0) is 0 Å². The minimum Gasteiger partial charge on any atom is -0.399 e. The highest BCUT2D eigenvalue weighted by atomic mass is 15.0. The Labute approximate surface area is 58.8 Å². The van der Waals surface area contributed by atoms with Crippen molar-refractivity contribution in [2.45, 2.75) is 12.5 Å². The highest BCUT2D eigenvalue weighted by Gasteiger charge is 2.15. The van der Waals surface area contributed by atoms with Gasteiger partial charge in [-0.2, -0.15) is 0 Å². The predicted octanol–water partition coefficient (Wildman–Crippen LogP) is -1.84. The third-order valence-electron chi connectivity index (χ3n) is 1.40. The zero-order valence-electron chi connectivity index (χ0n) is 5.54. The van der Waals surface area contributed by atoms with Crippen LogP contribution in [0, 0.1) is 0 Å². The van der Waals surface area contributed by atoms with Crippen LogP contribution in [0.3, 0.4) is 0 Å². The Morgan fingerprint density at radius 2 is 1.90 bits per heavy atom. The van der Waals surface area contributed by atoms with E-state index in [9.17, 15) is 0 Å². The molecule has 56 valence electrons. The van der Waals surface area contributed by atoms with Gasteiger partial charge in [0.2, 0.25) is 0 Å². The molecule has 0 saturated heterocycles. The van der Waals surface area contributed by atoms with Gasteiger partial charge in [0.15, 0.2) is 0 Å². The number of hydrogen-bond donors (Lipinski definition) is 4. The standard InChI is InChI=1S/C5H11N5/c6-2-1-3(7)5(9)10-4(2)8/h2H,1,6-7,9H2,(H2,8,10). The summed E-state index contributed by atoms with van der Waals surface area (Å²) in [7, 11) is 0. The van der Waals surface area contributed by atoms with Crippen LogP contribution >= 0.6 is 0 Å². The van der Waals surface area contributed by atoms with Crippen molar-refractivity contribution >= 4 is 5.84 Å². The van der Waals surface area contributed by atoms with E-state index in [2.05, 4.69) is 4.99 Å². The lowest BCUT2D eigenvalue weighted by molar-refractivity contribution is 0.781. The van der Waals surface area contributed by atoms with E-state index >= 15 is 0 Å². The molecule has 0 fully saturated rings. The maximum atomic E-state index is 5.51. The van der Waals surface area contributed by atoms with Crippen molar-refractivity contribution < 1.29 is 0 Å². The molecule has 0 aromatic carbocycles. The first kappa shape index (κ1) is 6.88. The number of hydrogen-bond acceptors (Lipinski definition) is 5. The monoisotopic (exact) mass is 141 g/mol. The molecule has 0 spiro atoms. The Balaban J connectivity index is 2.88. The van der Waals surface area contributed by atoms with Gasteiger partial charge in [0, 0.05) is 6.42 Å². The minimum absolute atomic E-state index is 0.271. The van der Waals surface area contributed by atoms with Crippen molar-refractivity contribution in [3.8, 4) is 0 Å². The van der Waals surface area contributed by atoms with Crippen LogP contribution in [-0.4, -0.2) is 11.9 Å². The number of aliphatic imine (C=N–C) groups is 1. The van der Waals surface area contributed by atoms with Gasteiger partial charge in [0.25, 0.3) is 0 Å². The molecule has 10 heavy (non-hydrogen) atoms. The van der Waals surface area contributed by atoms with Crippen molar-refractivity contribution in [3.05, 3.63) is 11.5 Å². The van der Waals surface area contributed by atoms with Crippen molar-refractivity contribution in [3.63, 3.8) is 0 Å². The smallest absolute Gasteiger partial charge is 0.144 e. The first-order chi connectivity index (χ1) is 4.61. The van der Waals surface area contributed by atoms with Crippen LogP contribution in [0.25, 0.3) is 0 Å². The van der Waals surface area contributed by atoms with E-state index in [4.69, 9.17) is 22.9 Å². The molecule has 1 atom stereocenters. The van der Waals surface area contributed by atoms with Gasteiger partial charge in [-0.25, -0.2) is 4.99 Å². The van der Waals surface area contributed by atoms with E-state index in [-0.39, 0.29) is 6.04 Å². The Kier molecular flexibility index (Phi) is 1.50. The summed E-state index contributed by atoms with van der Waals surface area (Å²) in [5, 5.41) is 0. The van der Waals surface area contributed by atoms with Crippen molar-refractivity contribution in [2.75, 3.05) is 0 Å². The molecule has 1 aliphatic heterocycles. The van der Waals surface area contributed by atoms with E-state index in [0.29, 0.717) is 23.8 Å². The second kappa shape index (κ2) is 2.18. The molecule has 0 bridgehead atoms. The normalized spacial score (nSPS) is 26.5. The summed E-state index contributed by atoms with van der Waals surface area (Å²) in [5.41, 5.74) is 22.2. The molecule has 1 heterocycles. The Morgan fingerprint density at radius 3 is 2.40 bits per heavy atom. The average Bonchev–Trinajstić information content (AvgIpc) is 1.84. The summed E-state index contributed by atoms with van der Waals surface area (Å²) < 4.78 is 0. The van der Waals surface area contributed by atoms with Gasteiger partial charge in [-0.15, -0.1) is 0 Å². The molecule has 1 unspecified atom stereocenters. The maximum absolute atomic E-state index is 5.51. The summed E-state index contributed by atoms with van der Waals surface area (Å²) >= 11 is 0. The molecule has 0 aromatic heterocycles. The Morgan fingerprint density at radius 1 is 1.30 bits per heavy atom. The van der Waals surface area contributed by atoms with E-state index < -0.39 is 0 Å². The zero-order valence-corrected chi connectivity index (χ0v) is 5.54. The quantitative estimate of drug-likeness (QED) is 0.317. The van der Waals surface area contributed by atoms with Crippen LogP contribution < -0.4 is 22.9 Å². The average molecular weight is 141 g/mol. The number of nitrogens with two attached hydrogens (primary N) is 4. The van der Waals surface area contributed by atoms with E-state index in [1.807, 2.05) is 0 Å². The second-order valence-corrected chi connectivity index (χ2v) is 2.26. The molecule has 5 heteroatoms. The van der Waals surface area contributed by atoms with Crippen LogP contribution in [0.4, 0.5) is 0 Å². The molecule has 8 N–H and O–H groups in total. The molecule has 0 radical (unpaired) electrons. The van der Waals surface area contributed by atoms with Crippen molar-refractivity contribution in [2.24, 2.45) is 27.9 Å². The van der Waals surface area contributed by atoms with Gasteiger partial charge < -0.3 is 22.9 Å². The molecule has 1 rings (SSSR count). The lowest BCUT2D eigenvalue weighted by Gasteiger charge is -2.16. The molecule has 0 aromatic rings. The van der Waals surface area contributed by atoms with Crippen molar-refractivity contribution in [1.29, 1.82) is 0 Å². The summed E-state index contributed by atoms with van der Waals surface area (Å²) in [4.78, 5) is 3.75. The molecule has 0 amide bonds. The van der Waals surface area contributed by atoms with Crippen LogP contribution in [0.5, 0.6) is 0 Å². The fourth-order valence-corrected chi connectivity index (χ4v) is 0.740. The first-order valence-electron chi connectivity index (χ1n) is 2.95. The molecular weight excluding hydrogens is 130 g/mol. The van der Waals surface area contributed by atoms with Crippen LogP contribution in [0.1, 0.15) is 6.42 Å². The largest absolute Gasteiger partial charge is 0.399 e. The van der Waals surface area contributed by atoms with Crippen molar-refractivity contribution in [1.82, 2.24) is 0 Å². The lowest BCUT2D eigenvalue weighted by atomic mass is 10.1. The lowest BCUT2D eigenvalue weighted by Crippen LogP contribution is -2.41. The third kappa shape index (κ3) is 1.03. The Hall–Kier alpha value is -1.23. The fourth-order valence-electron chi connectivity index (χ4n) is 0.740. The van der Waals surface area contributed by atoms with Crippen LogP contribution in [0.15, 0.2) is 16.5 Å². The number of amidine groups is 1. The summed E-state index contributed by atoms with van der Waals surface area (Å²) in [6.45, 7) is 0. The van der Waals surface area contributed by atoms with Gasteiger partial charge in [-0.3, -0.25) is 0 Å². The molecule has 1 aliphatic rings. The first-order valence-corrected chi connectivity index (χ1v) is 2.95. The summed E-state index contributed by atoms with van der Waals surface area (Å²) in [5.74, 6) is 0.644. The summed E-state index contributed by atoms with van der Waals surface area (Å²) in [6, 6.07) is -0.271. The van der Waals surface area contributed by atoms with Gasteiger partial charge in [-0.05, 0) is 0 Å². The SMILES string of the molecule is NC1=NC(N)=C(N)CC1N. The van der Waals surface area contributed by atoms with E-state index in [0.717, 1.165) is 0 Å². The topological polar surface area (TPSA) is 116 Å². The number of rotatable bonds is 0. The zero-order chi connectivity index (χ0) is 7.72. The molecule has 0 saturated carbocycles. The second-order valence-electron chi connectivity index (χ2n) is 2.26. The molecular formula is C5H11N5. The highest BCUT2D eigenvalue weighted by molar-refractivity contribution is 5.87. The summed E-state index contributed by atoms with van der Waals surface area (Å²) in [6.07, 6.45) is 0.501. The molecule has 0 aliphatic carbocycles. The molecule has 5 nitrogen and oxygen atoms in total. The fraction of sp³-hybridized carbons (Fsp3) is 0.400. The van der Waals surface area contributed by atoms with E-state index in [1.165, 1.54) is 0 Å². The van der Waals surface area contributed by atoms with Gasteiger partial charge in [0.1, 0.15) is 11.7 Å². The van der Waals surface area contributed by atoms with Gasteiger partial charge >= 0.3 is 0 Å². The maximum Gasteiger partial charge on any atom is 0.144 e. The van der Waals surface area contributed by atoms with Crippen LogP contribution in [0.2, 0.25) is 0 Å². The predicted molar refractivity (Wildman–Crippen MR) is 39.6 cm³/mol. The minimum atomic E-state index is -0.271. The highest BCUT2D eigenvalue weighted by Crippen LogP contribution is 2.07.